The van der Waals surface area contributed by atoms with Gasteiger partial charge in [-0.25, -0.2) is 4.39 Å². The Kier molecular flexibility index (Phi) is 6.09. The van der Waals surface area contributed by atoms with Gasteiger partial charge in [0.05, 0.1) is 11.4 Å². The Morgan fingerprint density at radius 2 is 2.04 bits per heavy atom. The van der Waals surface area contributed by atoms with Gasteiger partial charge >= 0.3 is 0 Å². The van der Waals surface area contributed by atoms with E-state index in [-0.39, 0.29) is 11.7 Å². The monoisotopic (exact) mass is 363 g/mol. The molecule has 3 rings (SSSR count). The lowest BCUT2D eigenvalue weighted by Gasteiger charge is -2.21. The Labute approximate surface area is 151 Å². The van der Waals surface area contributed by atoms with Gasteiger partial charge in [-0.3, -0.25) is 9.69 Å². The smallest absolute Gasteiger partial charge is 0.232 e. The first-order valence-electron chi connectivity index (χ1n) is 8.41. The molecule has 0 saturated carbocycles. The van der Waals surface area contributed by atoms with Crippen molar-refractivity contribution < 1.29 is 13.7 Å². The van der Waals surface area contributed by atoms with Crippen LogP contribution in [0.2, 0.25) is 0 Å². The predicted octanol–water partition coefficient (Wildman–Crippen LogP) is 2.95. The molecule has 1 aromatic carbocycles. The van der Waals surface area contributed by atoms with Crippen molar-refractivity contribution in [1.29, 1.82) is 0 Å². The highest BCUT2D eigenvalue weighted by atomic mass is 32.2. The third kappa shape index (κ3) is 5.31. The van der Waals surface area contributed by atoms with Gasteiger partial charge in [0.2, 0.25) is 5.91 Å². The van der Waals surface area contributed by atoms with Gasteiger partial charge < -0.3 is 9.42 Å². The normalized spacial score (nSPS) is 16.0. The molecule has 0 N–H and O–H groups in total. The Hall–Kier alpha value is -1.86. The number of hydrogen-bond acceptors (Lipinski definition) is 5. The van der Waals surface area contributed by atoms with E-state index in [2.05, 4.69) is 10.1 Å². The van der Waals surface area contributed by atoms with Gasteiger partial charge in [0.15, 0.2) is 0 Å². The summed E-state index contributed by atoms with van der Waals surface area (Å²) in [6.07, 6.45) is 0.948. The Bertz CT molecular complexity index is 705. The van der Waals surface area contributed by atoms with Crippen molar-refractivity contribution in [3.63, 3.8) is 0 Å². The average Bonchev–Trinajstić information content (AvgIpc) is 2.87. The summed E-state index contributed by atoms with van der Waals surface area (Å²) in [6.45, 7) is 5.91. The van der Waals surface area contributed by atoms with Crippen LogP contribution in [-0.4, -0.2) is 52.8 Å². The summed E-state index contributed by atoms with van der Waals surface area (Å²) in [6, 6.07) is 8.20. The van der Waals surface area contributed by atoms with Crippen LogP contribution in [0.1, 0.15) is 17.9 Å². The number of thioether (sulfide) groups is 1. The summed E-state index contributed by atoms with van der Waals surface area (Å²) in [7, 11) is 0. The van der Waals surface area contributed by atoms with E-state index in [1.165, 1.54) is 23.9 Å². The highest BCUT2D eigenvalue weighted by Gasteiger charge is 2.20. The van der Waals surface area contributed by atoms with Crippen LogP contribution < -0.4 is 0 Å². The van der Waals surface area contributed by atoms with E-state index < -0.39 is 0 Å². The molecule has 0 unspecified atom stereocenters. The van der Waals surface area contributed by atoms with E-state index in [0.717, 1.165) is 55.5 Å². The lowest BCUT2D eigenvalue weighted by Crippen LogP contribution is -2.36. The molecule has 1 aromatic heterocycles. The molecule has 1 amide bonds. The number of nitrogens with zero attached hydrogens (tertiary/aromatic N) is 3. The van der Waals surface area contributed by atoms with Gasteiger partial charge in [0, 0.05) is 43.7 Å². The van der Waals surface area contributed by atoms with Gasteiger partial charge in [-0.2, -0.15) is 0 Å². The zero-order chi connectivity index (χ0) is 17.6. The third-order valence-electron chi connectivity index (χ3n) is 4.18. The minimum atomic E-state index is -0.259. The SMILES string of the molecule is Cc1cc(CN2CCCN(C(=O)CSc3ccc(F)cc3)CC2)no1. The predicted molar refractivity (Wildman–Crippen MR) is 94.8 cm³/mol. The van der Waals surface area contributed by atoms with Crippen LogP contribution in [0.25, 0.3) is 0 Å². The molecule has 0 radical (unpaired) electrons. The lowest BCUT2D eigenvalue weighted by atomic mass is 10.3. The topological polar surface area (TPSA) is 49.6 Å². The number of hydrogen-bond donors (Lipinski definition) is 0. The Balaban J connectivity index is 1.46. The van der Waals surface area contributed by atoms with E-state index in [1.54, 1.807) is 12.1 Å². The summed E-state index contributed by atoms with van der Waals surface area (Å²) in [5.41, 5.74) is 0.934. The molecule has 5 nitrogen and oxygen atoms in total. The van der Waals surface area contributed by atoms with E-state index >= 15 is 0 Å². The van der Waals surface area contributed by atoms with Crippen molar-refractivity contribution in [1.82, 2.24) is 15.0 Å². The van der Waals surface area contributed by atoms with Gasteiger partial charge in [-0.15, -0.1) is 11.8 Å². The van der Waals surface area contributed by atoms with Crippen LogP contribution in [0, 0.1) is 12.7 Å². The zero-order valence-electron chi connectivity index (χ0n) is 14.3. The number of aryl methyl sites for hydroxylation is 1. The summed E-state index contributed by atoms with van der Waals surface area (Å²) < 4.78 is 18.0. The second-order valence-corrected chi connectivity index (χ2v) is 7.23. The molecule has 25 heavy (non-hydrogen) atoms. The standard InChI is InChI=1S/C18H22FN3O2S/c1-14-11-16(20-24-14)12-21-7-2-8-22(10-9-21)18(23)13-25-17-5-3-15(19)4-6-17/h3-6,11H,2,7-10,12-13H2,1H3. The fourth-order valence-electron chi connectivity index (χ4n) is 2.87. The maximum Gasteiger partial charge on any atom is 0.232 e. The third-order valence-corrected chi connectivity index (χ3v) is 5.18. The summed E-state index contributed by atoms with van der Waals surface area (Å²) in [4.78, 5) is 17.6. The average molecular weight is 363 g/mol. The number of rotatable bonds is 5. The molecule has 134 valence electrons. The highest BCUT2D eigenvalue weighted by Crippen LogP contribution is 2.19. The molecule has 2 aromatic rings. The van der Waals surface area contributed by atoms with Crippen LogP contribution in [0.4, 0.5) is 4.39 Å². The molecule has 0 spiro atoms. The quantitative estimate of drug-likeness (QED) is 0.765. The number of halogens is 1. The van der Waals surface area contributed by atoms with Gasteiger partial charge in [0.1, 0.15) is 11.6 Å². The molecular formula is C18H22FN3O2S. The van der Waals surface area contributed by atoms with Gasteiger partial charge in [0.25, 0.3) is 0 Å². The zero-order valence-corrected chi connectivity index (χ0v) is 15.1. The number of benzene rings is 1. The van der Waals surface area contributed by atoms with Crippen molar-refractivity contribution in [3.8, 4) is 0 Å². The van der Waals surface area contributed by atoms with E-state index in [4.69, 9.17) is 4.52 Å². The fourth-order valence-corrected chi connectivity index (χ4v) is 3.67. The van der Waals surface area contributed by atoms with Crippen LogP contribution in [0.15, 0.2) is 39.8 Å². The first kappa shape index (κ1) is 17.9. The number of amides is 1. The molecular weight excluding hydrogens is 341 g/mol. The molecule has 0 atom stereocenters. The number of carbonyl (C=O) groups is 1. The van der Waals surface area contributed by atoms with Crippen LogP contribution in [-0.2, 0) is 11.3 Å². The summed E-state index contributed by atoms with van der Waals surface area (Å²) in [5.74, 6) is 1.08. The second kappa shape index (κ2) is 8.49. The van der Waals surface area contributed by atoms with Crippen LogP contribution in [0.5, 0.6) is 0 Å². The second-order valence-electron chi connectivity index (χ2n) is 6.18. The summed E-state index contributed by atoms with van der Waals surface area (Å²) in [5, 5.41) is 4.04. The van der Waals surface area contributed by atoms with E-state index in [0.29, 0.717) is 5.75 Å². The van der Waals surface area contributed by atoms with Gasteiger partial charge in [-0.1, -0.05) is 5.16 Å². The molecule has 0 aliphatic carbocycles. The minimum Gasteiger partial charge on any atom is -0.361 e. The van der Waals surface area contributed by atoms with Crippen LogP contribution >= 0.6 is 11.8 Å². The van der Waals surface area contributed by atoms with Crippen molar-refractivity contribution in [2.45, 2.75) is 24.8 Å². The van der Waals surface area contributed by atoms with E-state index in [1.807, 2.05) is 17.9 Å². The Morgan fingerprint density at radius 1 is 1.24 bits per heavy atom. The maximum absolute atomic E-state index is 12.9. The molecule has 1 aliphatic heterocycles. The van der Waals surface area contributed by atoms with E-state index in [9.17, 15) is 9.18 Å². The number of aromatic nitrogens is 1. The molecule has 0 bridgehead atoms. The molecule has 2 heterocycles. The minimum absolute atomic E-state index is 0.133. The first-order valence-corrected chi connectivity index (χ1v) is 9.39. The largest absolute Gasteiger partial charge is 0.361 e. The van der Waals surface area contributed by atoms with Crippen molar-refractivity contribution in [3.05, 3.63) is 47.6 Å². The lowest BCUT2D eigenvalue weighted by molar-refractivity contribution is -0.128. The summed E-state index contributed by atoms with van der Waals surface area (Å²) >= 11 is 1.45. The van der Waals surface area contributed by atoms with Crippen molar-refractivity contribution >= 4 is 17.7 Å². The van der Waals surface area contributed by atoms with Crippen LogP contribution in [0.3, 0.4) is 0 Å². The molecule has 1 saturated heterocycles. The highest BCUT2D eigenvalue weighted by molar-refractivity contribution is 8.00. The molecule has 1 fully saturated rings. The molecule has 1 aliphatic rings. The van der Waals surface area contributed by atoms with Crippen molar-refractivity contribution in [2.75, 3.05) is 31.9 Å². The maximum atomic E-state index is 12.9. The Morgan fingerprint density at radius 3 is 2.76 bits per heavy atom. The first-order chi connectivity index (χ1) is 12.1. The fraction of sp³-hybridized carbons (Fsp3) is 0.444. The number of carbonyl (C=O) groups excluding carboxylic acids is 1. The van der Waals surface area contributed by atoms with Crippen molar-refractivity contribution in [2.24, 2.45) is 0 Å². The molecule has 7 heteroatoms. The van der Waals surface area contributed by atoms with Gasteiger partial charge in [-0.05, 0) is 37.6 Å².